The first-order valence-corrected chi connectivity index (χ1v) is 11.3. The average molecular weight is 354 g/mol. The fraction of sp³-hybridized carbons (Fsp3) is 0.0526. The van der Waals surface area contributed by atoms with Gasteiger partial charge in [0.15, 0.2) is 0 Å². The van der Waals surface area contributed by atoms with Crippen LogP contribution >= 0.6 is 0 Å². The maximum Gasteiger partial charge on any atom is 0.229 e. The van der Waals surface area contributed by atoms with Crippen LogP contribution in [-0.4, -0.2) is 23.5 Å². The normalized spacial score (nSPS) is 11.4. The first-order chi connectivity index (χ1) is 11.5. The second-order valence-corrected chi connectivity index (χ2v) is 10.4. The van der Waals surface area contributed by atoms with E-state index in [1.54, 1.807) is 0 Å². The number of sulfonamides is 1. The summed E-state index contributed by atoms with van der Waals surface area (Å²) in [5.74, 6) is 0. The molecule has 0 aliphatic heterocycles. The van der Waals surface area contributed by atoms with Crippen molar-refractivity contribution in [3.05, 3.63) is 84.9 Å². The first-order valence-electron chi connectivity index (χ1n) is 7.70. The van der Waals surface area contributed by atoms with Crippen LogP contribution in [0.15, 0.2) is 84.9 Å². The van der Waals surface area contributed by atoms with Crippen LogP contribution in [0.5, 0.6) is 0 Å². The molecule has 0 aliphatic carbocycles. The number of hydrogen-bond acceptors (Lipinski definition) is 2. The quantitative estimate of drug-likeness (QED) is 0.555. The lowest BCUT2D eigenvalue weighted by molar-refractivity contribution is 0.607. The van der Waals surface area contributed by atoms with Crippen molar-refractivity contribution in [2.45, 2.75) is 0 Å². The number of benzene rings is 3. The highest BCUT2D eigenvalue weighted by Gasteiger charge is 2.18. The van der Waals surface area contributed by atoms with E-state index < -0.39 is 18.8 Å². The molecule has 0 saturated carbocycles. The maximum absolute atomic E-state index is 11.4. The Morgan fingerprint density at radius 3 is 1.50 bits per heavy atom. The van der Waals surface area contributed by atoms with E-state index in [1.807, 2.05) is 36.4 Å². The summed E-state index contributed by atoms with van der Waals surface area (Å²) < 4.78 is 25.2. The second kappa shape index (κ2) is 7.03. The van der Waals surface area contributed by atoms with Crippen molar-refractivity contribution < 1.29 is 8.42 Å². The van der Waals surface area contributed by atoms with Crippen molar-refractivity contribution >= 4 is 40.1 Å². The summed E-state index contributed by atoms with van der Waals surface area (Å²) >= 11 is 0. The third-order valence-electron chi connectivity index (χ3n) is 3.81. The Hall–Kier alpha value is -2.37. The van der Waals surface area contributed by atoms with Gasteiger partial charge in [0.1, 0.15) is 8.80 Å². The van der Waals surface area contributed by atoms with E-state index in [2.05, 4.69) is 53.3 Å². The minimum absolute atomic E-state index is 0.593. The molecule has 0 amide bonds. The second-order valence-electron chi connectivity index (χ2n) is 5.75. The van der Waals surface area contributed by atoms with E-state index in [-0.39, 0.29) is 0 Å². The van der Waals surface area contributed by atoms with Gasteiger partial charge in [0.05, 0.1) is 6.26 Å². The van der Waals surface area contributed by atoms with Crippen molar-refractivity contribution in [1.82, 2.24) is 0 Å². The van der Waals surface area contributed by atoms with Crippen LogP contribution in [0.2, 0.25) is 0 Å². The molecule has 0 saturated heterocycles. The summed E-state index contributed by atoms with van der Waals surface area (Å²) in [5, 5.41) is 3.94. The van der Waals surface area contributed by atoms with Gasteiger partial charge >= 0.3 is 0 Å². The Bertz CT molecular complexity index is 856. The zero-order valence-corrected chi connectivity index (χ0v) is 15.4. The lowest BCUT2D eigenvalue weighted by Gasteiger charge is -2.17. The number of hydrogen-bond donors (Lipinski definition) is 1. The lowest BCUT2D eigenvalue weighted by Crippen LogP contribution is -2.51. The highest BCUT2D eigenvalue weighted by Crippen LogP contribution is 2.07. The van der Waals surface area contributed by atoms with Crippen molar-refractivity contribution in [2.75, 3.05) is 11.0 Å². The summed E-state index contributed by atoms with van der Waals surface area (Å²) in [7, 11) is -4.81. The first kappa shape index (κ1) is 16.5. The molecular formula is C19H19NO2SSi. The lowest BCUT2D eigenvalue weighted by atomic mass is 10.3. The zero-order chi connectivity index (χ0) is 17.0. The predicted molar refractivity (Wildman–Crippen MR) is 104 cm³/mol. The molecule has 0 heterocycles. The van der Waals surface area contributed by atoms with Crippen LogP contribution in [0, 0.1) is 0 Å². The minimum Gasteiger partial charge on any atom is -0.284 e. The van der Waals surface area contributed by atoms with Crippen LogP contribution < -0.4 is 20.3 Å². The summed E-state index contributed by atoms with van der Waals surface area (Å²) in [6.45, 7) is 0. The molecule has 0 radical (unpaired) electrons. The molecule has 3 aromatic carbocycles. The van der Waals surface area contributed by atoms with Gasteiger partial charge in [-0.2, -0.15) is 0 Å². The van der Waals surface area contributed by atoms with E-state index >= 15 is 0 Å². The zero-order valence-electron chi connectivity index (χ0n) is 13.4. The molecule has 0 aromatic heterocycles. The van der Waals surface area contributed by atoms with Gasteiger partial charge in [0.25, 0.3) is 0 Å². The van der Waals surface area contributed by atoms with Crippen molar-refractivity contribution in [3.63, 3.8) is 0 Å². The van der Waals surface area contributed by atoms with E-state index in [0.29, 0.717) is 5.69 Å². The molecule has 5 heteroatoms. The van der Waals surface area contributed by atoms with Crippen molar-refractivity contribution in [2.24, 2.45) is 0 Å². The molecule has 122 valence electrons. The highest BCUT2D eigenvalue weighted by atomic mass is 32.2. The summed E-state index contributed by atoms with van der Waals surface area (Å²) in [5.41, 5.74) is 0.593. The molecule has 0 fully saturated rings. The Morgan fingerprint density at radius 1 is 0.667 bits per heavy atom. The van der Waals surface area contributed by atoms with Crippen LogP contribution in [0.4, 0.5) is 5.69 Å². The maximum atomic E-state index is 11.4. The van der Waals surface area contributed by atoms with Gasteiger partial charge in [-0.15, -0.1) is 0 Å². The van der Waals surface area contributed by atoms with Crippen LogP contribution in [0.1, 0.15) is 0 Å². The molecular weight excluding hydrogens is 334 g/mol. The molecule has 0 aliphatic rings. The monoisotopic (exact) mass is 353 g/mol. The number of anilines is 1. The molecule has 0 bridgehead atoms. The molecule has 0 spiro atoms. The van der Waals surface area contributed by atoms with Crippen molar-refractivity contribution in [1.29, 1.82) is 0 Å². The van der Waals surface area contributed by atoms with E-state index in [1.165, 1.54) is 15.6 Å². The fourth-order valence-electron chi connectivity index (χ4n) is 2.83. The van der Waals surface area contributed by atoms with Gasteiger partial charge in [-0.1, -0.05) is 88.4 Å². The average Bonchev–Trinajstić information content (AvgIpc) is 2.57. The molecule has 3 aromatic rings. The molecule has 3 nitrogen and oxygen atoms in total. The van der Waals surface area contributed by atoms with Crippen LogP contribution in [0.25, 0.3) is 0 Å². The Balaban J connectivity index is 2.00. The summed E-state index contributed by atoms with van der Waals surface area (Å²) in [6, 6.07) is 28.8. The van der Waals surface area contributed by atoms with Gasteiger partial charge in [-0.25, -0.2) is 8.42 Å². The highest BCUT2D eigenvalue weighted by molar-refractivity contribution is 7.92. The van der Waals surface area contributed by atoms with Crippen LogP contribution in [0.3, 0.4) is 0 Å². The largest absolute Gasteiger partial charge is 0.284 e. The molecule has 1 N–H and O–H groups in total. The van der Waals surface area contributed by atoms with Gasteiger partial charge in [0.2, 0.25) is 10.0 Å². The third kappa shape index (κ3) is 4.13. The van der Waals surface area contributed by atoms with E-state index in [9.17, 15) is 8.42 Å². The predicted octanol–water partition coefficient (Wildman–Crippen LogP) is 1.31. The van der Waals surface area contributed by atoms with Crippen molar-refractivity contribution in [3.8, 4) is 0 Å². The summed E-state index contributed by atoms with van der Waals surface area (Å²) in [4.78, 5) is 0. The molecule has 3 rings (SSSR count). The van der Waals surface area contributed by atoms with Gasteiger partial charge in [0, 0.05) is 5.69 Å². The van der Waals surface area contributed by atoms with Gasteiger partial charge in [-0.3, -0.25) is 4.72 Å². The smallest absolute Gasteiger partial charge is 0.229 e. The minimum atomic E-state index is -3.25. The van der Waals surface area contributed by atoms with E-state index in [4.69, 9.17) is 0 Å². The SMILES string of the molecule is CS(=O)(=O)Nc1ccc([SiH](c2ccccc2)c2ccccc2)cc1. The van der Waals surface area contributed by atoms with Gasteiger partial charge < -0.3 is 0 Å². The summed E-state index contributed by atoms with van der Waals surface area (Å²) in [6.07, 6.45) is 1.16. The molecule has 0 atom stereocenters. The topological polar surface area (TPSA) is 46.2 Å². The third-order valence-corrected chi connectivity index (χ3v) is 7.57. The molecule has 24 heavy (non-hydrogen) atoms. The fourth-order valence-corrected chi connectivity index (χ4v) is 6.34. The van der Waals surface area contributed by atoms with Gasteiger partial charge in [-0.05, 0) is 12.1 Å². The molecule has 0 unspecified atom stereocenters. The number of nitrogens with one attached hydrogen (secondary N) is 1. The Morgan fingerprint density at radius 2 is 1.08 bits per heavy atom. The number of rotatable bonds is 5. The Labute approximate surface area is 144 Å². The van der Waals surface area contributed by atoms with E-state index in [0.717, 1.165) is 6.26 Å². The Kier molecular flexibility index (Phi) is 4.83. The standard InChI is InChI=1S/C19H19NO2SSi/c1-23(21,22)20-16-12-14-19(15-13-16)24(17-8-4-2-5-9-17)18-10-6-3-7-11-18/h2-15,20,24H,1H3. The van der Waals surface area contributed by atoms with Crippen LogP contribution in [-0.2, 0) is 10.0 Å².